The zero-order valence-electron chi connectivity index (χ0n) is 13.2. The molecule has 0 unspecified atom stereocenters. The van der Waals surface area contributed by atoms with Gasteiger partial charge in [0.1, 0.15) is 17.1 Å². The zero-order valence-corrected chi connectivity index (χ0v) is 13.9. The van der Waals surface area contributed by atoms with Gasteiger partial charge in [0, 0.05) is 10.9 Å². The number of aromatic amines is 1. The van der Waals surface area contributed by atoms with Crippen molar-refractivity contribution in [1.29, 1.82) is 0 Å². The van der Waals surface area contributed by atoms with Gasteiger partial charge in [-0.2, -0.15) is 0 Å². The first-order valence-corrected chi connectivity index (χ1v) is 8.23. The quantitative estimate of drug-likeness (QED) is 0.787. The van der Waals surface area contributed by atoms with Crippen molar-refractivity contribution >= 4 is 34.4 Å². The van der Waals surface area contributed by atoms with Gasteiger partial charge in [0.2, 0.25) is 0 Å². The first-order chi connectivity index (χ1) is 11.3. The largest absolute Gasteiger partial charge is 0.480 e. The Hall–Kier alpha value is -2.08. The molecule has 1 aromatic heterocycles. The van der Waals surface area contributed by atoms with E-state index < -0.39 is 23.2 Å². The van der Waals surface area contributed by atoms with Crippen molar-refractivity contribution in [2.24, 2.45) is 5.92 Å². The topological polar surface area (TPSA) is 82.2 Å². The lowest BCUT2D eigenvalue weighted by Crippen LogP contribution is -2.56. The van der Waals surface area contributed by atoms with Crippen LogP contribution >= 0.6 is 11.6 Å². The molecule has 1 aromatic carbocycles. The fourth-order valence-corrected chi connectivity index (χ4v) is 3.50. The molecule has 0 spiro atoms. The van der Waals surface area contributed by atoms with Gasteiger partial charge >= 0.3 is 5.97 Å². The molecule has 3 rings (SSSR count). The molecule has 0 radical (unpaired) electrons. The highest BCUT2D eigenvalue weighted by molar-refractivity contribution is 6.38. The summed E-state index contributed by atoms with van der Waals surface area (Å²) in [6.07, 6.45) is 2.22. The molecule has 0 aliphatic heterocycles. The highest BCUT2D eigenvalue weighted by Crippen LogP contribution is 2.34. The SMILES string of the molecule is CC1CCC(NC(=O)c2[nH]c3ccc(F)cc3c2Cl)(C(=O)O)CC1. The van der Waals surface area contributed by atoms with Crippen LogP contribution in [0.15, 0.2) is 18.2 Å². The van der Waals surface area contributed by atoms with Crippen LogP contribution in [0.5, 0.6) is 0 Å². The minimum atomic E-state index is -1.28. The van der Waals surface area contributed by atoms with Crippen LogP contribution in [0.2, 0.25) is 5.02 Å². The van der Waals surface area contributed by atoms with Gasteiger partial charge < -0.3 is 15.4 Å². The lowest BCUT2D eigenvalue weighted by Gasteiger charge is -2.36. The number of carbonyl (C=O) groups excluding carboxylic acids is 1. The Morgan fingerprint density at radius 2 is 2.04 bits per heavy atom. The number of carboxylic acids is 1. The first-order valence-electron chi connectivity index (χ1n) is 7.85. The smallest absolute Gasteiger partial charge is 0.329 e. The molecule has 3 N–H and O–H groups in total. The summed E-state index contributed by atoms with van der Waals surface area (Å²) in [5.74, 6) is -1.65. The van der Waals surface area contributed by atoms with E-state index in [4.69, 9.17) is 11.6 Å². The Bertz CT molecular complexity index is 810. The molecule has 0 atom stereocenters. The fourth-order valence-electron chi connectivity index (χ4n) is 3.21. The molecule has 1 aliphatic carbocycles. The molecule has 1 amide bonds. The minimum Gasteiger partial charge on any atom is -0.480 e. The molecule has 128 valence electrons. The summed E-state index contributed by atoms with van der Waals surface area (Å²) in [6, 6.07) is 3.99. The van der Waals surface area contributed by atoms with E-state index >= 15 is 0 Å². The number of rotatable bonds is 3. The molecule has 0 bridgehead atoms. The number of H-pyrrole nitrogens is 1. The molecule has 24 heavy (non-hydrogen) atoms. The predicted octanol–water partition coefficient (Wildman–Crippen LogP) is 3.72. The summed E-state index contributed by atoms with van der Waals surface area (Å²) in [6.45, 7) is 2.07. The van der Waals surface area contributed by atoms with Gasteiger partial charge in [0.15, 0.2) is 0 Å². The van der Waals surface area contributed by atoms with Crippen molar-refractivity contribution in [3.05, 3.63) is 34.7 Å². The van der Waals surface area contributed by atoms with E-state index in [2.05, 4.69) is 17.2 Å². The number of carboxylic acid groups (broad SMARTS) is 1. The van der Waals surface area contributed by atoms with Gasteiger partial charge in [-0.05, 0) is 49.8 Å². The van der Waals surface area contributed by atoms with Crippen LogP contribution in [0.3, 0.4) is 0 Å². The van der Waals surface area contributed by atoms with E-state index in [-0.39, 0.29) is 10.7 Å². The number of amides is 1. The van der Waals surface area contributed by atoms with Crippen molar-refractivity contribution < 1.29 is 19.1 Å². The standard InChI is InChI=1S/C17H18ClFN2O3/c1-9-4-6-17(7-5-9,16(23)24)21-15(22)14-13(18)11-8-10(19)2-3-12(11)20-14/h2-3,8-9,20H,4-7H2,1H3,(H,21,22)(H,23,24). The summed E-state index contributed by atoms with van der Waals surface area (Å²) >= 11 is 6.18. The van der Waals surface area contributed by atoms with Crippen LogP contribution in [0, 0.1) is 11.7 Å². The average molecular weight is 353 g/mol. The number of aromatic nitrogens is 1. The fraction of sp³-hybridized carbons (Fsp3) is 0.412. The number of hydrogen-bond donors (Lipinski definition) is 3. The van der Waals surface area contributed by atoms with Crippen molar-refractivity contribution in [1.82, 2.24) is 10.3 Å². The van der Waals surface area contributed by atoms with E-state index in [0.29, 0.717) is 29.7 Å². The van der Waals surface area contributed by atoms with Crippen molar-refractivity contribution in [2.75, 3.05) is 0 Å². The third-order valence-electron chi connectivity index (χ3n) is 4.81. The molecule has 7 heteroatoms. The number of benzene rings is 1. The Labute approximate surface area is 143 Å². The maximum absolute atomic E-state index is 13.4. The highest BCUT2D eigenvalue weighted by atomic mass is 35.5. The van der Waals surface area contributed by atoms with E-state index in [1.165, 1.54) is 18.2 Å². The second kappa shape index (κ2) is 6.09. The zero-order chi connectivity index (χ0) is 17.5. The summed E-state index contributed by atoms with van der Waals surface area (Å²) in [7, 11) is 0. The van der Waals surface area contributed by atoms with Gasteiger partial charge in [0.25, 0.3) is 5.91 Å². The monoisotopic (exact) mass is 352 g/mol. The molecule has 1 fully saturated rings. The minimum absolute atomic E-state index is 0.0523. The van der Waals surface area contributed by atoms with Crippen molar-refractivity contribution in [3.63, 3.8) is 0 Å². The molecular weight excluding hydrogens is 335 g/mol. The summed E-state index contributed by atoms with van der Waals surface area (Å²) in [5.41, 5.74) is -0.708. The predicted molar refractivity (Wildman–Crippen MR) is 88.7 cm³/mol. The second-order valence-electron chi connectivity index (χ2n) is 6.53. The molecular formula is C17H18ClFN2O3. The molecule has 1 saturated carbocycles. The molecule has 2 aromatic rings. The van der Waals surface area contributed by atoms with Gasteiger partial charge in [-0.25, -0.2) is 9.18 Å². The van der Waals surface area contributed by atoms with E-state index in [1.54, 1.807) is 0 Å². The third kappa shape index (κ3) is 2.86. The lowest BCUT2D eigenvalue weighted by atomic mass is 9.77. The third-order valence-corrected chi connectivity index (χ3v) is 5.21. The number of nitrogens with one attached hydrogen (secondary N) is 2. The molecule has 5 nitrogen and oxygen atoms in total. The number of fused-ring (bicyclic) bond motifs is 1. The number of carbonyl (C=O) groups is 2. The number of aliphatic carboxylic acids is 1. The maximum Gasteiger partial charge on any atom is 0.329 e. The molecule has 1 heterocycles. The lowest BCUT2D eigenvalue weighted by molar-refractivity contribution is -0.146. The summed E-state index contributed by atoms with van der Waals surface area (Å²) in [5, 5.41) is 12.7. The second-order valence-corrected chi connectivity index (χ2v) is 6.91. The van der Waals surface area contributed by atoms with Gasteiger partial charge in [-0.3, -0.25) is 4.79 Å². The van der Waals surface area contributed by atoms with Crippen LogP contribution in [0.1, 0.15) is 43.1 Å². The average Bonchev–Trinajstić information content (AvgIpc) is 2.86. The van der Waals surface area contributed by atoms with E-state index in [0.717, 1.165) is 12.8 Å². The normalized spacial score (nSPS) is 24.0. The van der Waals surface area contributed by atoms with Crippen LogP contribution in [-0.4, -0.2) is 27.5 Å². The Morgan fingerprint density at radius 3 is 2.67 bits per heavy atom. The van der Waals surface area contributed by atoms with E-state index in [1.807, 2.05) is 0 Å². The van der Waals surface area contributed by atoms with Crippen LogP contribution in [-0.2, 0) is 4.79 Å². The first kappa shape index (κ1) is 16.8. The van der Waals surface area contributed by atoms with Crippen LogP contribution in [0.4, 0.5) is 4.39 Å². The van der Waals surface area contributed by atoms with E-state index in [9.17, 15) is 19.1 Å². The van der Waals surface area contributed by atoms with Crippen molar-refractivity contribution in [3.8, 4) is 0 Å². The maximum atomic E-state index is 13.4. The Kier molecular flexibility index (Phi) is 4.25. The summed E-state index contributed by atoms with van der Waals surface area (Å²) in [4.78, 5) is 27.2. The van der Waals surface area contributed by atoms with Crippen LogP contribution < -0.4 is 5.32 Å². The van der Waals surface area contributed by atoms with Gasteiger partial charge in [0.05, 0.1) is 5.02 Å². The molecule has 1 aliphatic rings. The van der Waals surface area contributed by atoms with Gasteiger partial charge in [-0.1, -0.05) is 18.5 Å². The number of hydrogen-bond acceptors (Lipinski definition) is 2. The van der Waals surface area contributed by atoms with Crippen LogP contribution in [0.25, 0.3) is 10.9 Å². The Morgan fingerprint density at radius 1 is 1.38 bits per heavy atom. The van der Waals surface area contributed by atoms with Gasteiger partial charge in [-0.15, -0.1) is 0 Å². The molecule has 0 saturated heterocycles. The highest BCUT2D eigenvalue weighted by Gasteiger charge is 2.43. The Balaban J connectivity index is 1.91. The summed E-state index contributed by atoms with van der Waals surface area (Å²) < 4.78 is 13.4. The van der Waals surface area contributed by atoms with Crippen molar-refractivity contribution in [2.45, 2.75) is 38.1 Å². The number of halogens is 2.